The molecule has 0 saturated heterocycles. The van der Waals surface area contributed by atoms with E-state index < -0.39 is 0 Å². The molecule has 7 heteroatoms. The molecule has 31 heavy (non-hydrogen) atoms. The van der Waals surface area contributed by atoms with Crippen molar-refractivity contribution in [2.24, 2.45) is 5.10 Å². The molecule has 0 radical (unpaired) electrons. The highest BCUT2D eigenvalue weighted by Gasteiger charge is 2.32. The van der Waals surface area contributed by atoms with Gasteiger partial charge in [-0.2, -0.15) is 5.10 Å². The molecule has 0 saturated carbocycles. The lowest BCUT2D eigenvalue weighted by atomic mass is 9.93. The standard InChI is InChI=1S/C24H20N4O2S/c1-2-3-13-28-23(29)16-8-6-7-15-18(12-11-17(22(15)16)24(28)30)27-25-14-21-26-19-9-4-5-10-20(19)31-21/h4-12,14,27H,2-3,13H2,1H3/b25-14+. The molecular weight excluding hydrogens is 408 g/mol. The summed E-state index contributed by atoms with van der Waals surface area (Å²) < 4.78 is 1.11. The third-order valence-corrected chi connectivity index (χ3v) is 6.37. The first-order chi connectivity index (χ1) is 15.2. The van der Waals surface area contributed by atoms with Gasteiger partial charge in [0, 0.05) is 28.4 Å². The molecule has 0 aliphatic carbocycles. The van der Waals surface area contributed by atoms with E-state index in [4.69, 9.17) is 0 Å². The SMILES string of the molecule is CCCCN1C(=O)c2cccc3c(N/N=C/c4nc5ccccc5s4)ccc(c23)C1=O. The van der Waals surface area contributed by atoms with Crippen molar-refractivity contribution in [3.8, 4) is 0 Å². The Balaban J connectivity index is 1.48. The van der Waals surface area contributed by atoms with Crippen LogP contribution in [0.4, 0.5) is 5.69 Å². The van der Waals surface area contributed by atoms with Crippen LogP contribution in [-0.4, -0.2) is 34.5 Å². The Morgan fingerprint density at radius 2 is 1.84 bits per heavy atom. The molecule has 1 aromatic heterocycles. The summed E-state index contributed by atoms with van der Waals surface area (Å²) in [5.41, 5.74) is 5.85. The summed E-state index contributed by atoms with van der Waals surface area (Å²) in [5, 5.41) is 6.63. The van der Waals surface area contributed by atoms with Crippen molar-refractivity contribution in [1.82, 2.24) is 9.88 Å². The van der Waals surface area contributed by atoms with Crippen molar-refractivity contribution in [3.63, 3.8) is 0 Å². The number of rotatable bonds is 6. The van der Waals surface area contributed by atoms with Crippen LogP contribution in [0.5, 0.6) is 0 Å². The lowest BCUT2D eigenvalue weighted by Gasteiger charge is -2.27. The van der Waals surface area contributed by atoms with Gasteiger partial charge >= 0.3 is 0 Å². The van der Waals surface area contributed by atoms with Crippen molar-refractivity contribution in [3.05, 3.63) is 70.7 Å². The van der Waals surface area contributed by atoms with E-state index >= 15 is 0 Å². The normalized spacial score (nSPS) is 13.6. The van der Waals surface area contributed by atoms with Gasteiger partial charge in [-0.25, -0.2) is 4.98 Å². The van der Waals surface area contributed by atoms with Gasteiger partial charge in [0.25, 0.3) is 11.8 Å². The van der Waals surface area contributed by atoms with Crippen LogP contribution in [0, 0.1) is 0 Å². The number of hydrogen-bond acceptors (Lipinski definition) is 6. The minimum atomic E-state index is -0.230. The average Bonchev–Trinajstić information content (AvgIpc) is 3.21. The quantitative estimate of drug-likeness (QED) is 0.257. The van der Waals surface area contributed by atoms with E-state index in [-0.39, 0.29) is 11.8 Å². The number of nitrogens with zero attached hydrogens (tertiary/aromatic N) is 3. The second kappa shape index (κ2) is 7.92. The second-order valence-corrected chi connectivity index (χ2v) is 8.46. The van der Waals surface area contributed by atoms with E-state index in [0.717, 1.165) is 39.1 Å². The maximum Gasteiger partial charge on any atom is 0.261 e. The fourth-order valence-corrected chi connectivity index (χ4v) is 4.70. The largest absolute Gasteiger partial charge is 0.278 e. The monoisotopic (exact) mass is 428 g/mol. The van der Waals surface area contributed by atoms with Gasteiger partial charge in [0.2, 0.25) is 0 Å². The molecule has 2 heterocycles. The summed E-state index contributed by atoms with van der Waals surface area (Å²) in [7, 11) is 0. The van der Waals surface area contributed by atoms with Crippen LogP contribution in [-0.2, 0) is 0 Å². The van der Waals surface area contributed by atoms with Crippen molar-refractivity contribution >= 4 is 56.0 Å². The minimum absolute atomic E-state index is 0.230. The molecule has 0 fully saturated rings. The topological polar surface area (TPSA) is 74.7 Å². The van der Waals surface area contributed by atoms with E-state index in [1.165, 1.54) is 4.90 Å². The molecule has 3 aromatic carbocycles. The van der Waals surface area contributed by atoms with E-state index in [1.807, 2.05) is 49.4 Å². The highest BCUT2D eigenvalue weighted by molar-refractivity contribution is 7.20. The second-order valence-electron chi connectivity index (χ2n) is 7.39. The van der Waals surface area contributed by atoms with Gasteiger partial charge in [0.1, 0.15) is 5.01 Å². The fourth-order valence-electron chi connectivity index (χ4n) is 3.87. The van der Waals surface area contributed by atoms with E-state index in [9.17, 15) is 9.59 Å². The maximum atomic E-state index is 13.0. The highest BCUT2D eigenvalue weighted by atomic mass is 32.1. The molecule has 0 unspecified atom stereocenters. The number of benzene rings is 3. The van der Waals surface area contributed by atoms with Gasteiger partial charge in [-0.3, -0.25) is 19.9 Å². The molecule has 0 spiro atoms. The number of carbonyl (C=O) groups excluding carboxylic acids is 2. The van der Waals surface area contributed by atoms with Crippen LogP contribution in [0.2, 0.25) is 0 Å². The fraction of sp³-hybridized carbons (Fsp3) is 0.167. The van der Waals surface area contributed by atoms with Crippen LogP contribution in [0.3, 0.4) is 0 Å². The van der Waals surface area contributed by atoms with Gasteiger partial charge in [0.15, 0.2) is 0 Å². The Kier molecular flexibility index (Phi) is 4.95. The molecule has 1 N–H and O–H groups in total. The number of amides is 2. The number of imide groups is 1. The number of hydrogen-bond donors (Lipinski definition) is 1. The Morgan fingerprint density at radius 1 is 1.03 bits per heavy atom. The Hall–Kier alpha value is -3.58. The first-order valence-electron chi connectivity index (χ1n) is 10.2. The molecule has 0 bridgehead atoms. The smallest absolute Gasteiger partial charge is 0.261 e. The van der Waals surface area contributed by atoms with Gasteiger partial charge in [-0.05, 0) is 36.8 Å². The first kappa shape index (κ1) is 19.4. The lowest BCUT2D eigenvalue weighted by Crippen LogP contribution is -2.40. The summed E-state index contributed by atoms with van der Waals surface area (Å²) in [5.74, 6) is -0.460. The van der Waals surface area contributed by atoms with Crippen LogP contribution < -0.4 is 5.43 Å². The van der Waals surface area contributed by atoms with Crippen LogP contribution in [0.1, 0.15) is 45.5 Å². The number of fused-ring (bicyclic) bond motifs is 1. The zero-order chi connectivity index (χ0) is 21.4. The number of thiazole rings is 1. The van der Waals surface area contributed by atoms with E-state index in [1.54, 1.807) is 29.7 Å². The summed E-state index contributed by atoms with van der Waals surface area (Å²) >= 11 is 1.57. The summed E-state index contributed by atoms with van der Waals surface area (Å²) in [6.07, 6.45) is 3.40. The van der Waals surface area contributed by atoms with Crippen molar-refractivity contribution in [1.29, 1.82) is 0 Å². The van der Waals surface area contributed by atoms with Crippen molar-refractivity contribution in [2.75, 3.05) is 12.0 Å². The molecule has 5 rings (SSSR count). The van der Waals surface area contributed by atoms with Gasteiger partial charge in [-0.1, -0.05) is 37.6 Å². The van der Waals surface area contributed by atoms with Crippen molar-refractivity contribution in [2.45, 2.75) is 19.8 Å². The third-order valence-electron chi connectivity index (χ3n) is 5.40. The number of nitrogens with one attached hydrogen (secondary N) is 1. The number of para-hydroxylation sites is 1. The lowest BCUT2D eigenvalue weighted by molar-refractivity contribution is 0.0608. The minimum Gasteiger partial charge on any atom is -0.278 e. The molecule has 6 nitrogen and oxygen atoms in total. The molecule has 2 amide bonds. The maximum absolute atomic E-state index is 13.0. The van der Waals surface area contributed by atoms with Gasteiger partial charge in [-0.15, -0.1) is 11.3 Å². The molecule has 0 atom stereocenters. The number of hydrazone groups is 1. The Labute approximate surface area is 183 Å². The molecule has 154 valence electrons. The van der Waals surface area contributed by atoms with Crippen LogP contribution in [0.25, 0.3) is 21.0 Å². The number of anilines is 1. The first-order valence-corrected chi connectivity index (χ1v) is 11.1. The highest BCUT2D eigenvalue weighted by Crippen LogP contribution is 2.34. The molecule has 4 aromatic rings. The average molecular weight is 429 g/mol. The van der Waals surface area contributed by atoms with E-state index in [2.05, 4.69) is 15.5 Å². The Morgan fingerprint density at radius 3 is 2.65 bits per heavy atom. The van der Waals surface area contributed by atoms with E-state index in [0.29, 0.717) is 23.1 Å². The summed E-state index contributed by atoms with van der Waals surface area (Å²) in [4.78, 5) is 31.8. The number of carbonyl (C=O) groups is 2. The van der Waals surface area contributed by atoms with Crippen LogP contribution >= 0.6 is 11.3 Å². The van der Waals surface area contributed by atoms with Crippen molar-refractivity contribution < 1.29 is 9.59 Å². The molecule has 1 aliphatic rings. The third kappa shape index (κ3) is 3.37. The number of unbranched alkanes of at least 4 members (excludes halogenated alkanes) is 1. The molecular formula is C24H20N4O2S. The van der Waals surface area contributed by atoms with Gasteiger partial charge in [0.05, 0.1) is 22.1 Å². The van der Waals surface area contributed by atoms with Gasteiger partial charge < -0.3 is 0 Å². The zero-order valence-electron chi connectivity index (χ0n) is 17.0. The molecule has 1 aliphatic heterocycles. The predicted octanol–water partition coefficient (Wildman–Crippen LogP) is 5.29. The predicted molar refractivity (Wildman–Crippen MR) is 125 cm³/mol. The Bertz CT molecular complexity index is 1300. The zero-order valence-corrected chi connectivity index (χ0v) is 17.8. The number of aromatic nitrogens is 1. The van der Waals surface area contributed by atoms with Crippen LogP contribution in [0.15, 0.2) is 59.7 Å². The summed E-state index contributed by atoms with van der Waals surface area (Å²) in [6.45, 7) is 2.48. The summed E-state index contributed by atoms with van der Waals surface area (Å²) in [6, 6.07) is 17.1.